The minimum absolute atomic E-state index is 0.277. The molecule has 5 heteroatoms. The van der Waals surface area contributed by atoms with Gasteiger partial charge in [0.15, 0.2) is 0 Å². The Morgan fingerprint density at radius 1 is 1.23 bits per heavy atom. The van der Waals surface area contributed by atoms with E-state index in [0.29, 0.717) is 22.3 Å². The van der Waals surface area contributed by atoms with Crippen LogP contribution < -0.4 is 4.90 Å². The van der Waals surface area contributed by atoms with Crippen molar-refractivity contribution in [3.05, 3.63) is 59.4 Å². The standard InChI is InChI=1S/C21H21N3O2/c1-5-26-21(25)20-17-12-16(23(3)4)10-11-24(17)18(13-22)19(20)15-8-6-14(2)7-9-15/h6-12H,5H2,1-4H3. The van der Waals surface area contributed by atoms with E-state index < -0.39 is 5.97 Å². The SMILES string of the molecule is CCOC(=O)c1c(-c2ccc(C)cc2)c(C#N)n2ccc(N(C)C)cc12. The van der Waals surface area contributed by atoms with Crippen LogP contribution in [0.4, 0.5) is 5.69 Å². The molecular formula is C21H21N3O2. The lowest BCUT2D eigenvalue weighted by Crippen LogP contribution is -2.09. The van der Waals surface area contributed by atoms with Gasteiger partial charge in [-0.3, -0.25) is 0 Å². The summed E-state index contributed by atoms with van der Waals surface area (Å²) in [5.41, 5.74) is 5.02. The largest absolute Gasteiger partial charge is 0.462 e. The molecule has 0 amide bonds. The first kappa shape index (κ1) is 17.6. The van der Waals surface area contributed by atoms with Gasteiger partial charge in [-0.1, -0.05) is 29.8 Å². The van der Waals surface area contributed by atoms with E-state index in [1.54, 1.807) is 11.3 Å². The van der Waals surface area contributed by atoms with Gasteiger partial charge in [-0.25, -0.2) is 4.79 Å². The summed E-state index contributed by atoms with van der Waals surface area (Å²) in [6.07, 6.45) is 1.82. The first-order valence-corrected chi connectivity index (χ1v) is 8.47. The number of hydrogen-bond acceptors (Lipinski definition) is 4. The maximum Gasteiger partial charge on any atom is 0.341 e. The molecule has 0 fully saturated rings. The molecule has 0 aliphatic carbocycles. The van der Waals surface area contributed by atoms with E-state index in [1.165, 1.54) is 0 Å². The second-order valence-corrected chi connectivity index (χ2v) is 6.33. The Bertz CT molecular complexity index is 1010. The number of rotatable bonds is 4. The minimum Gasteiger partial charge on any atom is -0.462 e. The van der Waals surface area contributed by atoms with Gasteiger partial charge in [0, 0.05) is 31.5 Å². The van der Waals surface area contributed by atoms with Gasteiger partial charge >= 0.3 is 5.97 Å². The third-order valence-electron chi connectivity index (χ3n) is 4.36. The van der Waals surface area contributed by atoms with Crippen LogP contribution in [0.15, 0.2) is 42.6 Å². The van der Waals surface area contributed by atoms with E-state index >= 15 is 0 Å². The number of hydrogen-bond donors (Lipinski definition) is 0. The molecule has 1 aromatic carbocycles. The fourth-order valence-electron chi connectivity index (χ4n) is 3.04. The van der Waals surface area contributed by atoms with Gasteiger partial charge in [0.05, 0.1) is 17.7 Å². The predicted octanol–water partition coefficient (Wildman–Crippen LogP) is 4.03. The Labute approximate surface area is 153 Å². The number of nitriles is 1. The molecule has 0 spiro atoms. The Morgan fingerprint density at radius 3 is 2.50 bits per heavy atom. The van der Waals surface area contributed by atoms with E-state index in [4.69, 9.17) is 4.74 Å². The van der Waals surface area contributed by atoms with Gasteiger partial charge in [0.25, 0.3) is 0 Å². The highest BCUT2D eigenvalue weighted by Gasteiger charge is 2.26. The van der Waals surface area contributed by atoms with Crippen molar-refractivity contribution in [3.8, 4) is 17.2 Å². The number of ether oxygens (including phenoxy) is 1. The zero-order valence-electron chi connectivity index (χ0n) is 15.4. The highest BCUT2D eigenvalue weighted by atomic mass is 16.5. The van der Waals surface area contributed by atoms with Crippen LogP contribution in [0.5, 0.6) is 0 Å². The van der Waals surface area contributed by atoms with Crippen molar-refractivity contribution in [2.24, 2.45) is 0 Å². The molecule has 5 nitrogen and oxygen atoms in total. The second-order valence-electron chi connectivity index (χ2n) is 6.33. The van der Waals surface area contributed by atoms with Crippen LogP contribution in [-0.2, 0) is 4.74 Å². The summed E-state index contributed by atoms with van der Waals surface area (Å²) in [5, 5.41) is 9.80. The number of carbonyl (C=O) groups excluding carboxylic acids is 1. The quantitative estimate of drug-likeness (QED) is 0.669. The molecule has 2 aromatic heterocycles. The highest BCUT2D eigenvalue weighted by Crippen LogP contribution is 2.35. The third-order valence-corrected chi connectivity index (χ3v) is 4.36. The molecule has 0 aliphatic rings. The Morgan fingerprint density at radius 2 is 1.92 bits per heavy atom. The number of aryl methyl sites for hydroxylation is 1. The van der Waals surface area contributed by atoms with Crippen LogP contribution in [0.2, 0.25) is 0 Å². The lowest BCUT2D eigenvalue weighted by atomic mass is 9.99. The van der Waals surface area contributed by atoms with Crippen molar-refractivity contribution in [2.45, 2.75) is 13.8 Å². The van der Waals surface area contributed by atoms with Crippen molar-refractivity contribution in [3.63, 3.8) is 0 Å². The molecule has 3 rings (SSSR count). The predicted molar refractivity (Wildman–Crippen MR) is 103 cm³/mol. The smallest absolute Gasteiger partial charge is 0.341 e. The molecular weight excluding hydrogens is 326 g/mol. The Hall–Kier alpha value is -3.26. The normalized spacial score (nSPS) is 10.6. The molecule has 0 radical (unpaired) electrons. The fourth-order valence-corrected chi connectivity index (χ4v) is 3.04. The molecule has 2 heterocycles. The summed E-state index contributed by atoms with van der Waals surface area (Å²) in [5.74, 6) is -0.419. The molecule has 132 valence electrons. The molecule has 0 saturated carbocycles. The summed E-state index contributed by atoms with van der Waals surface area (Å²) in [6.45, 7) is 4.05. The monoisotopic (exact) mass is 347 g/mol. The number of benzene rings is 1. The van der Waals surface area contributed by atoms with Crippen molar-refractivity contribution < 1.29 is 9.53 Å². The number of anilines is 1. The lowest BCUT2D eigenvalue weighted by molar-refractivity contribution is 0.0529. The summed E-state index contributed by atoms with van der Waals surface area (Å²) in [7, 11) is 3.87. The zero-order chi connectivity index (χ0) is 18.8. The summed E-state index contributed by atoms with van der Waals surface area (Å²) in [6, 6.07) is 13.9. The number of fused-ring (bicyclic) bond motifs is 1. The average molecular weight is 347 g/mol. The molecule has 0 atom stereocenters. The topological polar surface area (TPSA) is 57.7 Å². The van der Waals surface area contributed by atoms with Gasteiger partial charge in [-0.15, -0.1) is 0 Å². The third kappa shape index (κ3) is 2.91. The molecule has 0 N–H and O–H groups in total. The Balaban J connectivity index is 2.40. The maximum atomic E-state index is 12.8. The van der Waals surface area contributed by atoms with Crippen LogP contribution in [0.1, 0.15) is 28.5 Å². The van der Waals surface area contributed by atoms with Crippen LogP contribution >= 0.6 is 0 Å². The number of nitrogens with zero attached hydrogens (tertiary/aromatic N) is 3. The molecule has 0 saturated heterocycles. The van der Waals surface area contributed by atoms with Crippen LogP contribution in [0.3, 0.4) is 0 Å². The number of aromatic nitrogens is 1. The molecule has 26 heavy (non-hydrogen) atoms. The van der Waals surface area contributed by atoms with E-state index in [2.05, 4.69) is 6.07 Å². The molecule has 0 aliphatic heterocycles. The van der Waals surface area contributed by atoms with E-state index in [0.717, 1.165) is 16.8 Å². The van der Waals surface area contributed by atoms with Crippen molar-refractivity contribution in [1.82, 2.24) is 4.40 Å². The van der Waals surface area contributed by atoms with E-state index in [1.807, 2.05) is 68.5 Å². The average Bonchev–Trinajstić information content (AvgIpc) is 2.96. The maximum absolute atomic E-state index is 12.8. The van der Waals surface area contributed by atoms with Crippen LogP contribution in [0.25, 0.3) is 16.6 Å². The van der Waals surface area contributed by atoms with Gasteiger partial charge in [-0.2, -0.15) is 5.26 Å². The Kier molecular flexibility index (Phi) is 4.68. The summed E-state index contributed by atoms with van der Waals surface area (Å²) in [4.78, 5) is 14.7. The van der Waals surface area contributed by atoms with Crippen molar-refractivity contribution in [1.29, 1.82) is 5.26 Å². The number of esters is 1. The van der Waals surface area contributed by atoms with Crippen molar-refractivity contribution >= 4 is 17.2 Å². The molecule has 3 aromatic rings. The van der Waals surface area contributed by atoms with E-state index in [-0.39, 0.29) is 6.61 Å². The highest BCUT2D eigenvalue weighted by molar-refractivity contribution is 6.06. The number of pyridine rings is 1. The fraction of sp³-hybridized carbons (Fsp3) is 0.238. The summed E-state index contributed by atoms with van der Waals surface area (Å²) < 4.78 is 7.06. The van der Waals surface area contributed by atoms with Gasteiger partial charge in [0.1, 0.15) is 11.8 Å². The summed E-state index contributed by atoms with van der Waals surface area (Å²) >= 11 is 0. The molecule has 0 unspecified atom stereocenters. The number of carbonyl (C=O) groups is 1. The zero-order valence-corrected chi connectivity index (χ0v) is 15.4. The first-order valence-electron chi connectivity index (χ1n) is 8.47. The minimum atomic E-state index is -0.419. The lowest BCUT2D eigenvalue weighted by Gasteiger charge is -2.13. The molecule has 0 bridgehead atoms. The van der Waals surface area contributed by atoms with Gasteiger partial charge < -0.3 is 14.0 Å². The van der Waals surface area contributed by atoms with Gasteiger partial charge in [-0.05, 0) is 31.5 Å². The van der Waals surface area contributed by atoms with Gasteiger partial charge in [0.2, 0.25) is 0 Å². The first-order chi connectivity index (χ1) is 12.5. The van der Waals surface area contributed by atoms with E-state index in [9.17, 15) is 10.1 Å². The van der Waals surface area contributed by atoms with Crippen LogP contribution in [0, 0.1) is 18.3 Å². The van der Waals surface area contributed by atoms with Crippen molar-refractivity contribution in [2.75, 3.05) is 25.6 Å². The van der Waals surface area contributed by atoms with Crippen LogP contribution in [-0.4, -0.2) is 31.1 Å². The second kappa shape index (κ2) is 6.93.